The van der Waals surface area contributed by atoms with Gasteiger partial charge in [0.15, 0.2) is 0 Å². The lowest BCUT2D eigenvalue weighted by Crippen LogP contribution is -2.47. The van der Waals surface area contributed by atoms with Crippen LogP contribution in [0.4, 0.5) is 4.79 Å². The molecule has 0 saturated carbocycles. The van der Waals surface area contributed by atoms with Gasteiger partial charge in [-0.05, 0) is 31.9 Å². The minimum Gasteiger partial charge on any atom is -0.443 e. The van der Waals surface area contributed by atoms with Gasteiger partial charge in [0.25, 0.3) is 0 Å². The molecule has 0 aliphatic rings. The van der Waals surface area contributed by atoms with E-state index in [4.69, 9.17) is 10.5 Å². The van der Waals surface area contributed by atoms with Crippen molar-refractivity contribution in [2.45, 2.75) is 45.6 Å². The summed E-state index contributed by atoms with van der Waals surface area (Å²) >= 11 is 0. The quantitative estimate of drug-likeness (QED) is 0.894. The van der Waals surface area contributed by atoms with Crippen molar-refractivity contribution in [3.05, 3.63) is 42.0 Å². The normalized spacial score (nSPS) is 12.1. The number of ether oxygens (including phenoxy) is 1. The number of hydrogen-bond acceptors (Lipinski definition) is 2. The van der Waals surface area contributed by atoms with Gasteiger partial charge in [-0.1, -0.05) is 50.3 Å². The predicted molar refractivity (Wildman–Crippen MR) is 78.9 cm³/mol. The van der Waals surface area contributed by atoms with E-state index in [2.05, 4.69) is 12.6 Å². The molecule has 1 aromatic rings. The standard InChI is InChI=1S/C16H23NO2/c1-11(2)12-8-7-9-13(10-12)15(3,4)16(5,6)19-14(17)18/h7-10H,1H2,2-6H3,(H2,17,18). The Balaban J connectivity index is 3.22. The fourth-order valence-corrected chi connectivity index (χ4v) is 1.90. The Labute approximate surface area is 115 Å². The Morgan fingerprint density at radius 1 is 1.26 bits per heavy atom. The summed E-state index contributed by atoms with van der Waals surface area (Å²) in [4.78, 5) is 11.1. The van der Waals surface area contributed by atoms with Crippen LogP contribution < -0.4 is 5.73 Å². The highest BCUT2D eigenvalue weighted by atomic mass is 16.6. The molecule has 0 bridgehead atoms. The van der Waals surface area contributed by atoms with E-state index in [-0.39, 0.29) is 5.41 Å². The van der Waals surface area contributed by atoms with E-state index in [0.717, 1.165) is 16.7 Å². The topological polar surface area (TPSA) is 52.3 Å². The zero-order chi connectivity index (χ0) is 14.8. The molecule has 1 rings (SSSR count). The van der Waals surface area contributed by atoms with Crippen molar-refractivity contribution in [3.8, 4) is 0 Å². The van der Waals surface area contributed by atoms with Crippen molar-refractivity contribution >= 4 is 11.7 Å². The number of allylic oxidation sites excluding steroid dienone is 1. The third-order valence-corrected chi connectivity index (χ3v) is 3.94. The summed E-state index contributed by atoms with van der Waals surface area (Å²) in [5.41, 5.74) is 7.26. The number of carbonyl (C=O) groups is 1. The average Bonchev–Trinajstić information content (AvgIpc) is 2.27. The second-order valence-electron chi connectivity index (χ2n) is 5.92. The van der Waals surface area contributed by atoms with Gasteiger partial charge in [0.05, 0.1) is 0 Å². The number of primary amides is 1. The second-order valence-corrected chi connectivity index (χ2v) is 5.92. The largest absolute Gasteiger partial charge is 0.443 e. The molecule has 1 aromatic carbocycles. The first-order valence-electron chi connectivity index (χ1n) is 6.33. The first kappa shape index (κ1) is 15.3. The molecule has 2 N–H and O–H groups in total. The Morgan fingerprint density at radius 3 is 2.32 bits per heavy atom. The molecule has 0 heterocycles. The molecular weight excluding hydrogens is 238 g/mol. The molecule has 0 radical (unpaired) electrons. The van der Waals surface area contributed by atoms with Crippen molar-refractivity contribution in [1.82, 2.24) is 0 Å². The maximum Gasteiger partial charge on any atom is 0.405 e. The second kappa shape index (κ2) is 5.08. The summed E-state index contributed by atoms with van der Waals surface area (Å²) in [6, 6.07) is 8.11. The highest BCUT2D eigenvalue weighted by Gasteiger charge is 2.41. The maximum atomic E-state index is 11.1. The molecule has 104 valence electrons. The van der Waals surface area contributed by atoms with Gasteiger partial charge in [-0.3, -0.25) is 0 Å². The lowest BCUT2D eigenvalue weighted by Gasteiger charge is -2.41. The zero-order valence-electron chi connectivity index (χ0n) is 12.4. The Hall–Kier alpha value is -1.77. The third-order valence-electron chi connectivity index (χ3n) is 3.94. The minimum absolute atomic E-state index is 0.368. The van der Waals surface area contributed by atoms with Crippen molar-refractivity contribution in [2.75, 3.05) is 0 Å². The van der Waals surface area contributed by atoms with Crippen LogP contribution in [0.5, 0.6) is 0 Å². The van der Waals surface area contributed by atoms with Gasteiger partial charge in [-0.25, -0.2) is 4.79 Å². The summed E-state index contributed by atoms with van der Waals surface area (Å²) in [6.07, 6.45) is -0.755. The van der Waals surface area contributed by atoms with Gasteiger partial charge < -0.3 is 10.5 Å². The first-order chi connectivity index (χ1) is 8.58. The molecule has 0 atom stereocenters. The average molecular weight is 261 g/mol. The van der Waals surface area contributed by atoms with Gasteiger partial charge >= 0.3 is 6.09 Å². The highest BCUT2D eigenvalue weighted by molar-refractivity contribution is 5.66. The van der Waals surface area contributed by atoms with Crippen molar-refractivity contribution < 1.29 is 9.53 Å². The van der Waals surface area contributed by atoms with Crippen LogP contribution in [0.15, 0.2) is 30.8 Å². The van der Waals surface area contributed by atoms with E-state index in [1.165, 1.54) is 0 Å². The molecule has 0 aromatic heterocycles. The SMILES string of the molecule is C=C(C)c1cccc(C(C)(C)C(C)(C)OC(N)=O)c1. The summed E-state index contributed by atoms with van der Waals surface area (Å²) in [6.45, 7) is 13.7. The van der Waals surface area contributed by atoms with Crippen LogP contribution in [-0.2, 0) is 10.2 Å². The molecule has 0 aliphatic heterocycles. The van der Waals surface area contributed by atoms with Crippen LogP contribution in [0.1, 0.15) is 45.7 Å². The summed E-state index contributed by atoms with van der Waals surface area (Å²) < 4.78 is 5.27. The molecule has 1 amide bonds. The third kappa shape index (κ3) is 3.16. The maximum absolute atomic E-state index is 11.1. The fourth-order valence-electron chi connectivity index (χ4n) is 1.90. The number of rotatable bonds is 4. The number of amides is 1. The Morgan fingerprint density at radius 2 is 1.84 bits per heavy atom. The van der Waals surface area contributed by atoms with E-state index in [0.29, 0.717) is 0 Å². The van der Waals surface area contributed by atoms with Crippen LogP contribution in [-0.4, -0.2) is 11.7 Å². The van der Waals surface area contributed by atoms with Crippen LogP contribution in [0.25, 0.3) is 5.57 Å². The van der Waals surface area contributed by atoms with E-state index in [1.54, 1.807) is 0 Å². The van der Waals surface area contributed by atoms with Crippen LogP contribution in [0.3, 0.4) is 0 Å². The lowest BCUT2D eigenvalue weighted by atomic mass is 9.71. The molecule has 0 saturated heterocycles. The number of carbonyl (C=O) groups excluding carboxylic acids is 1. The monoisotopic (exact) mass is 261 g/mol. The molecule has 0 aliphatic carbocycles. The predicted octanol–water partition coefficient (Wildman–Crippen LogP) is 3.87. The van der Waals surface area contributed by atoms with Crippen molar-refractivity contribution in [2.24, 2.45) is 5.73 Å². The summed E-state index contributed by atoms with van der Waals surface area (Å²) in [7, 11) is 0. The smallest absolute Gasteiger partial charge is 0.405 e. The first-order valence-corrected chi connectivity index (χ1v) is 6.33. The van der Waals surface area contributed by atoms with Gasteiger partial charge in [0, 0.05) is 5.41 Å². The summed E-state index contributed by atoms with van der Waals surface area (Å²) in [5.74, 6) is 0. The van der Waals surface area contributed by atoms with Crippen LogP contribution in [0, 0.1) is 0 Å². The molecule has 3 nitrogen and oxygen atoms in total. The van der Waals surface area contributed by atoms with Crippen LogP contribution >= 0.6 is 0 Å². The fraction of sp³-hybridized carbons (Fsp3) is 0.438. The van der Waals surface area contributed by atoms with Crippen LogP contribution in [0.2, 0.25) is 0 Å². The number of nitrogens with two attached hydrogens (primary N) is 1. The highest BCUT2D eigenvalue weighted by Crippen LogP contribution is 2.38. The molecular formula is C16H23NO2. The van der Waals surface area contributed by atoms with E-state index < -0.39 is 11.7 Å². The minimum atomic E-state index is -0.755. The van der Waals surface area contributed by atoms with Crippen molar-refractivity contribution in [3.63, 3.8) is 0 Å². The molecule has 0 fully saturated rings. The van der Waals surface area contributed by atoms with Gasteiger partial charge in [-0.15, -0.1) is 0 Å². The van der Waals surface area contributed by atoms with E-state index in [9.17, 15) is 4.79 Å². The zero-order valence-corrected chi connectivity index (χ0v) is 12.4. The molecule has 0 unspecified atom stereocenters. The van der Waals surface area contributed by atoms with Gasteiger partial charge in [-0.2, -0.15) is 0 Å². The lowest BCUT2D eigenvalue weighted by molar-refractivity contribution is -0.00751. The Bertz CT molecular complexity index is 501. The Kier molecular flexibility index (Phi) is 4.09. The number of hydrogen-bond donors (Lipinski definition) is 1. The van der Waals surface area contributed by atoms with Gasteiger partial charge in [0.1, 0.15) is 5.60 Å². The van der Waals surface area contributed by atoms with E-state index in [1.807, 2.05) is 52.8 Å². The summed E-state index contributed by atoms with van der Waals surface area (Å²) in [5, 5.41) is 0. The van der Waals surface area contributed by atoms with Crippen molar-refractivity contribution in [1.29, 1.82) is 0 Å². The van der Waals surface area contributed by atoms with E-state index >= 15 is 0 Å². The molecule has 0 spiro atoms. The molecule has 3 heteroatoms. The molecule has 19 heavy (non-hydrogen) atoms. The number of benzene rings is 1. The van der Waals surface area contributed by atoms with Gasteiger partial charge in [0.2, 0.25) is 0 Å².